The number of rotatable bonds is 12. The molecule has 544 valence electrons. The lowest BCUT2D eigenvalue weighted by molar-refractivity contribution is 0.668. The van der Waals surface area contributed by atoms with E-state index >= 15 is 0 Å². The highest BCUT2D eigenvalue weighted by atomic mass is 16.3. The standard InChI is InChI=1S/4C27H22O/c1-18(2)19-8-5-9-20(16-19)21-10-6-11-22(17-21)23-13-7-14-25-24-12-3-4-15-26(24)28-27(23)25;1-18(2)19-7-5-8-20(15-19)21-9-6-10-22(16-21)23-13-14-27-25(17-23)24-11-3-4-12-26(24)28-27;1-18(2)21-7-5-8-22(17-21)19-13-15-20(16-14-19)23-10-6-11-25-24-9-3-4-12-26(24)28-27(23)25;1-18(2)21-6-5-7-22(16-21)19-10-12-20(13-11-19)23-14-15-25-24-8-3-4-9-26(24)28-27(25)17-23/h4*3-18H,1-2H3. The van der Waals surface area contributed by atoms with Crippen molar-refractivity contribution in [1.29, 1.82) is 0 Å². The fourth-order valence-electron chi connectivity index (χ4n) is 15.5. The summed E-state index contributed by atoms with van der Waals surface area (Å²) >= 11 is 0. The van der Waals surface area contributed by atoms with Crippen molar-refractivity contribution in [3.63, 3.8) is 0 Å². The number of para-hydroxylation sites is 6. The van der Waals surface area contributed by atoms with Crippen molar-refractivity contribution in [2.75, 3.05) is 0 Å². The zero-order chi connectivity index (χ0) is 76.3. The van der Waals surface area contributed by atoms with Gasteiger partial charge in [-0.25, -0.2) is 0 Å². The van der Waals surface area contributed by atoms with Crippen LogP contribution in [0, 0.1) is 0 Å². The van der Waals surface area contributed by atoms with E-state index in [9.17, 15) is 0 Å². The number of furan rings is 4. The number of fused-ring (bicyclic) bond motifs is 12. The Kier molecular flexibility index (Phi) is 20.1. The molecule has 0 N–H and O–H groups in total. The maximum Gasteiger partial charge on any atom is 0.143 e. The molecule has 4 heterocycles. The minimum Gasteiger partial charge on any atom is -0.456 e. The predicted octanol–water partition coefficient (Wildman–Crippen LogP) is 32.2. The van der Waals surface area contributed by atoms with Crippen molar-refractivity contribution in [2.45, 2.75) is 79.1 Å². The van der Waals surface area contributed by atoms with Gasteiger partial charge >= 0.3 is 0 Å². The van der Waals surface area contributed by atoms with Crippen LogP contribution in [0.15, 0.2) is 382 Å². The van der Waals surface area contributed by atoms with Gasteiger partial charge in [0.15, 0.2) is 0 Å². The molecule has 0 aliphatic heterocycles. The van der Waals surface area contributed by atoms with Gasteiger partial charge in [0.25, 0.3) is 0 Å². The molecule has 0 radical (unpaired) electrons. The molecular formula is C108H88O4. The lowest BCUT2D eigenvalue weighted by Crippen LogP contribution is -1.88. The molecule has 0 saturated heterocycles. The lowest BCUT2D eigenvalue weighted by atomic mass is 9.95. The fourth-order valence-corrected chi connectivity index (χ4v) is 15.5. The van der Waals surface area contributed by atoms with Crippen LogP contribution in [0.25, 0.3) is 177 Å². The zero-order valence-corrected chi connectivity index (χ0v) is 64.6. The van der Waals surface area contributed by atoms with E-state index in [-0.39, 0.29) is 0 Å². The first-order chi connectivity index (χ1) is 54.8. The Labute approximate surface area is 655 Å². The molecule has 20 aromatic rings. The van der Waals surface area contributed by atoms with Crippen LogP contribution in [0.3, 0.4) is 0 Å². The third-order valence-electron chi connectivity index (χ3n) is 21.9. The molecule has 20 rings (SSSR count). The van der Waals surface area contributed by atoms with E-state index in [0.717, 1.165) is 55.8 Å². The van der Waals surface area contributed by atoms with Crippen LogP contribution in [0.4, 0.5) is 0 Å². The highest BCUT2D eigenvalue weighted by Gasteiger charge is 2.17. The average molecular weight is 1450 g/mol. The number of hydrogen-bond acceptors (Lipinski definition) is 4. The SMILES string of the molecule is CC(C)c1cccc(-c2ccc(-c3ccc4c(c3)oc3ccccc34)cc2)c1.CC(C)c1cccc(-c2ccc(-c3cccc4c3oc3ccccc34)cc2)c1.CC(C)c1cccc(-c2cccc(-c3ccc4oc5ccccc5c4c3)c2)c1.CC(C)c1cccc(-c2cccc(-c3cccc4c3oc3ccccc34)c2)c1. The Hall–Kier alpha value is -13.3. The van der Waals surface area contributed by atoms with Gasteiger partial charge in [0.05, 0.1) is 0 Å². The summed E-state index contributed by atoms with van der Waals surface area (Å²) < 4.78 is 24.4. The summed E-state index contributed by atoms with van der Waals surface area (Å²) in [6, 6.07) is 129. The van der Waals surface area contributed by atoms with E-state index in [2.05, 4.69) is 371 Å². The molecule has 0 saturated carbocycles. The molecule has 112 heavy (non-hydrogen) atoms. The molecule has 4 nitrogen and oxygen atoms in total. The summed E-state index contributed by atoms with van der Waals surface area (Å²) in [5.74, 6) is 2.12. The highest BCUT2D eigenvalue weighted by molar-refractivity contribution is 6.12. The van der Waals surface area contributed by atoms with Crippen molar-refractivity contribution in [1.82, 2.24) is 0 Å². The Bertz CT molecular complexity index is 6750. The fraction of sp³-hybridized carbons (Fsp3) is 0.111. The summed E-state index contributed by atoms with van der Waals surface area (Å²) in [5.41, 5.74) is 32.5. The smallest absolute Gasteiger partial charge is 0.143 e. The van der Waals surface area contributed by atoms with Crippen LogP contribution in [0.5, 0.6) is 0 Å². The Balaban J connectivity index is 0.000000108. The lowest BCUT2D eigenvalue weighted by Gasteiger charge is -2.10. The van der Waals surface area contributed by atoms with Crippen LogP contribution in [-0.2, 0) is 0 Å². The Morgan fingerprint density at radius 2 is 0.411 bits per heavy atom. The maximum atomic E-state index is 6.23. The van der Waals surface area contributed by atoms with Gasteiger partial charge in [-0.15, -0.1) is 0 Å². The molecule has 4 heteroatoms. The normalized spacial score (nSPS) is 11.5. The molecule has 0 aliphatic carbocycles. The van der Waals surface area contributed by atoms with Crippen LogP contribution in [0.1, 0.15) is 101 Å². The van der Waals surface area contributed by atoms with Crippen molar-refractivity contribution >= 4 is 87.8 Å². The first kappa shape index (κ1) is 71.6. The van der Waals surface area contributed by atoms with E-state index in [1.54, 1.807) is 0 Å². The molecular weight excluding hydrogens is 1360 g/mol. The summed E-state index contributed by atoms with van der Waals surface area (Å²) in [6.45, 7) is 17.9. The van der Waals surface area contributed by atoms with Crippen molar-refractivity contribution in [2.24, 2.45) is 0 Å². The van der Waals surface area contributed by atoms with Gasteiger partial charge in [-0.2, -0.15) is 0 Å². The maximum absolute atomic E-state index is 6.23. The number of benzene rings is 16. The first-order valence-corrected chi connectivity index (χ1v) is 39.3. The molecule has 0 atom stereocenters. The molecule has 4 aromatic heterocycles. The van der Waals surface area contributed by atoms with Crippen LogP contribution >= 0.6 is 0 Å². The van der Waals surface area contributed by atoms with Gasteiger partial charge in [0.1, 0.15) is 44.7 Å². The van der Waals surface area contributed by atoms with Crippen LogP contribution in [-0.4, -0.2) is 0 Å². The van der Waals surface area contributed by atoms with Crippen molar-refractivity contribution in [3.8, 4) is 89.0 Å². The van der Waals surface area contributed by atoms with Gasteiger partial charge in [0.2, 0.25) is 0 Å². The summed E-state index contributed by atoms with van der Waals surface area (Å²) in [5, 5.41) is 9.34. The van der Waals surface area contributed by atoms with E-state index in [1.165, 1.54) is 143 Å². The van der Waals surface area contributed by atoms with E-state index in [0.29, 0.717) is 23.7 Å². The van der Waals surface area contributed by atoms with Gasteiger partial charge in [0, 0.05) is 54.2 Å². The summed E-state index contributed by atoms with van der Waals surface area (Å²) in [7, 11) is 0. The second-order valence-corrected chi connectivity index (χ2v) is 30.6. The molecule has 0 fully saturated rings. The van der Waals surface area contributed by atoms with Crippen LogP contribution in [0.2, 0.25) is 0 Å². The number of hydrogen-bond donors (Lipinski definition) is 0. The second-order valence-electron chi connectivity index (χ2n) is 30.6. The van der Waals surface area contributed by atoms with Crippen LogP contribution < -0.4 is 0 Å². The minimum atomic E-state index is 0.521. The quantitative estimate of drug-likeness (QED) is 0.122. The third kappa shape index (κ3) is 14.8. The largest absolute Gasteiger partial charge is 0.456 e. The van der Waals surface area contributed by atoms with Gasteiger partial charge < -0.3 is 17.7 Å². The Morgan fingerprint density at radius 1 is 0.152 bits per heavy atom. The van der Waals surface area contributed by atoms with Gasteiger partial charge in [-0.1, -0.05) is 359 Å². The zero-order valence-electron chi connectivity index (χ0n) is 64.6. The molecule has 0 aliphatic rings. The van der Waals surface area contributed by atoms with E-state index < -0.39 is 0 Å². The van der Waals surface area contributed by atoms with Crippen molar-refractivity contribution < 1.29 is 17.7 Å². The Morgan fingerprint density at radius 3 is 0.839 bits per heavy atom. The molecule has 0 bridgehead atoms. The average Bonchev–Trinajstić information content (AvgIpc) is 1.63. The molecule has 0 amide bonds. The summed E-state index contributed by atoms with van der Waals surface area (Å²) in [4.78, 5) is 0. The third-order valence-corrected chi connectivity index (χ3v) is 21.9. The first-order valence-electron chi connectivity index (χ1n) is 39.3. The van der Waals surface area contributed by atoms with E-state index in [1.807, 2.05) is 48.5 Å². The van der Waals surface area contributed by atoms with Crippen molar-refractivity contribution in [3.05, 3.63) is 386 Å². The molecule has 0 unspecified atom stereocenters. The molecule has 0 spiro atoms. The topological polar surface area (TPSA) is 52.6 Å². The monoisotopic (exact) mass is 1450 g/mol. The van der Waals surface area contributed by atoms with E-state index in [4.69, 9.17) is 17.7 Å². The van der Waals surface area contributed by atoms with Gasteiger partial charge in [-0.05, 0) is 184 Å². The summed E-state index contributed by atoms with van der Waals surface area (Å²) in [6.07, 6.45) is 0. The highest BCUT2D eigenvalue weighted by Crippen LogP contribution is 2.42. The molecule has 16 aromatic carbocycles. The van der Waals surface area contributed by atoms with Gasteiger partial charge in [-0.3, -0.25) is 0 Å². The second kappa shape index (κ2) is 31.4. The predicted molar refractivity (Wildman–Crippen MR) is 475 cm³/mol. The minimum absolute atomic E-state index is 0.521.